The van der Waals surface area contributed by atoms with Gasteiger partial charge in [-0.1, -0.05) is 78.9 Å². The van der Waals surface area contributed by atoms with Crippen LogP contribution in [0.4, 0.5) is 17.3 Å². The maximum atomic E-state index is 12.2. The number of nitrogens with two attached hydrogens (primary N) is 1. The molecule has 0 saturated carbocycles. The van der Waals surface area contributed by atoms with Crippen molar-refractivity contribution < 1.29 is 9.53 Å². The van der Waals surface area contributed by atoms with E-state index in [1.54, 1.807) is 12.1 Å². The van der Waals surface area contributed by atoms with Gasteiger partial charge < -0.3 is 15.4 Å². The normalized spacial score (nSPS) is 13.8. The number of carbonyl (C=O) groups is 1. The zero-order chi connectivity index (χ0) is 26.2. The summed E-state index contributed by atoms with van der Waals surface area (Å²) in [6, 6.07) is 30.5. The molecule has 1 amide bonds. The molecule has 0 aliphatic carbocycles. The number of benzene rings is 3. The van der Waals surface area contributed by atoms with Gasteiger partial charge in [-0.2, -0.15) is 0 Å². The van der Waals surface area contributed by atoms with Gasteiger partial charge in [0.25, 0.3) is 5.91 Å². The molecule has 5 rings (SSSR count). The van der Waals surface area contributed by atoms with Gasteiger partial charge in [0.15, 0.2) is 18.2 Å². The highest BCUT2D eigenvalue weighted by molar-refractivity contribution is 5.81. The number of para-hydroxylation sites is 1. The number of ether oxygens (including phenoxy) is 1. The lowest BCUT2D eigenvalue weighted by Gasteiger charge is -2.40. The summed E-state index contributed by atoms with van der Waals surface area (Å²) >= 11 is 0. The number of rotatable bonds is 9. The molecule has 0 atom stereocenters. The Balaban J connectivity index is 1.21. The number of hydrogen-bond acceptors (Lipinski definition) is 8. The second kappa shape index (κ2) is 12.1. The van der Waals surface area contributed by atoms with Gasteiger partial charge in [-0.15, -0.1) is 0 Å². The number of nitrogens with one attached hydrogen (secondary N) is 2. The molecule has 0 bridgehead atoms. The van der Waals surface area contributed by atoms with Gasteiger partial charge in [-0.25, -0.2) is 9.97 Å². The predicted octanol–water partition coefficient (Wildman–Crippen LogP) is 3.49. The first-order chi connectivity index (χ1) is 18.7. The smallest absolute Gasteiger partial charge is 0.276 e. The fourth-order valence-electron chi connectivity index (χ4n) is 4.65. The van der Waals surface area contributed by atoms with Crippen LogP contribution in [0, 0.1) is 0 Å². The molecule has 0 spiro atoms. The number of piperazine rings is 1. The highest BCUT2D eigenvalue weighted by Gasteiger charge is 2.28. The van der Waals surface area contributed by atoms with Crippen molar-refractivity contribution in [3.63, 3.8) is 0 Å². The summed E-state index contributed by atoms with van der Waals surface area (Å²) in [5, 5.41) is 0. The predicted molar refractivity (Wildman–Crippen MR) is 149 cm³/mol. The minimum atomic E-state index is -0.352. The molecule has 194 valence electrons. The van der Waals surface area contributed by atoms with E-state index in [1.807, 2.05) is 30.3 Å². The Morgan fingerprint density at radius 2 is 1.42 bits per heavy atom. The Bertz CT molecular complexity index is 1280. The van der Waals surface area contributed by atoms with Crippen molar-refractivity contribution in [3.05, 3.63) is 108 Å². The highest BCUT2D eigenvalue weighted by atomic mass is 16.5. The summed E-state index contributed by atoms with van der Waals surface area (Å²) in [5.74, 6) is 1.26. The van der Waals surface area contributed by atoms with Gasteiger partial charge in [-0.05, 0) is 23.3 Å². The Morgan fingerprint density at radius 1 is 0.842 bits per heavy atom. The summed E-state index contributed by atoms with van der Waals surface area (Å²) in [4.78, 5) is 25.5. The molecule has 1 fully saturated rings. The van der Waals surface area contributed by atoms with E-state index < -0.39 is 0 Å². The molecular weight excluding hydrogens is 478 g/mol. The molecule has 4 aromatic rings. The molecule has 0 radical (unpaired) electrons. The first-order valence-corrected chi connectivity index (χ1v) is 12.6. The summed E-state index contributed by atoms with van der Waals surface area (Å²) < 4.78 is 5.47. The third kappa shape index (κ3) is 6.01. The van der Waals surface area contributed by atoms with Gasteiger partial charge in [0.05, 0.1) is 6.04 Å². The average molecular weight is 510 g/mol. The SMILES string of the molecule is Nc1c(NNC(=O)COc2ccccc2)ncnc1N1CCN(C(c2ccccc2)c2ccccc2)CC1. The van der Waals surface area contributed by atoms with Crippen molar-refractivity contribution in [1.82, 2.24) is 20.3 Å². The molecule has 1 saturated heterocycles. The molecule has 1 aliphatic heterocycles. The standard InChI is InChI=1S/C29H31N7O2/c30-26-28(34-33-25(37)20-38-24-14-8-3-9-15-24)31-21-32-29(26)36-18-16-35(17-19-36)27(22-10-4-1-5-11-22)23-12-6-2-7-13-23/h1-15,21,27H,16-20,30H2,(H,33,37)(H,31,32,34). The number of hydrogen-bond donors (Lipinski definition) is 3. The van der Waals surface area contributed by atoms with Gasteiger partial charge in [0, 0.05) is 26.2 Å². The Hall–Kier alpha value is -4.63. The number of nitrogens with zero attached hydrogens (tertiary/aromatic N) is 4. The molecule has 1 aromatic heterocycles. The molecule has 0 unspecified atom stereocenters. The summed E-state index contributed by atoms with van der Waals surface area (Å²) in [6.45, 7) is 3.06. The minimum absolute atomic E-state index is 0.138. The second-order valence-corrected chi connectivity index (χ2v) is 8.98. The molecule has 9 heteroatoms. The number of hydrazine groups is 1. The van der Waals surface area contributed by atoms with Crippen LogP contribution in [-0.4, -0.2) is 53.6 Å². The monoisotopic (exact) mass is 509 g/mol. The van der Waals surface area contributed by atoms with Crippen LogP contribution >= 0.6 is 0 Å². The number of carbonyl (C=O) groups excluding carboxylic acids is 1. The van der Waals surface area contributed by atoms with Crippen LogP contribution in [0.25, 0.3) is 0 Å². The van der Waals surface area contributed by atoms with Crippen molar-refractivity contribution in [1.29, 1.82) is 0 Å². The fourth-order valence-corrected chi connectivity index (χ4v) is 4.65. The zero-order valence-corrected chi connectivity index (χ0v) is 21.0. The first-order valence-electron chi connectivity index (χ1n) is 12.6. The van der Waals surface area contributed by atoms with E-state index in [2.05, 4.69) is 79.2 Å². The molecule has 38 heavy (non-hydrogen) atoms. The van der Waals surface area contributed by atoms with Crippen molar-refractivity contribution in [2.45, 2.75) is 6.04 Å². The van der Waals surface area contributed by atoms with E-state index in [4.69, 9.17) is 10.5 Å². The van der Waals surface area contributed by atoms with Crippen LogP contribution < -0.4 is 26.2 Å². The van der Waals surface area contributed by atoms with Crippen LogP contribution in [-0.2, 0) is 4.79 Å². The molecule has 1 aliphatic rings. The van der Waals surface area contributed by atoms with Crippen molar-refractivity contribution >= 4 is 23.2 Å². The lowest BCUT2D eigenvalue weighted by molar-refractivity contribution is -0.122. The number of aromatic nitrogens is 2. The van der Waals surface area contributed by atoms with E-state index >= 15 is 0 Å². The van der Waals surface area contributed by atoms with Crippen LogP contribution in [0.1, 0.15) is 17.2 Å². The third-order valence-corrected chi connectivity index (χ3v) is 6.51. The van der Waals surface area contributed by atoms with Crippen LogP contribution in [0.3, 0.4) is 0 Å². The Kier molecular flexibility index (Phi) is 7.95. The molecular formula is C29H31N7O2. The Morgan fingerprint density at radius 3 is 2.03 bits per heavy atom. The van der Waals surface area contributed by atoms with Crippen LogP contribution in [0.15, 0.2) is 97.3 Å². The quantitative estimate of drug-likeness (QED) is 0.294. The van der Waals surface area contributed by atoms with Gasteiger partial charge in [0.2, 0.25) is 0 Å². The highest BCUT2D eigenvalue weighted by Crippen LogP contribution is 2.32. The second-order valence-electron chi connectivity index (χ2n) is 8.98. The lowest BCUT2D eigenvalue weighted by Crippen LogP contribution is -2.48. The largest absolute Gasteiger partial charge is 0.484 e. The van der Waals surface area contributed by atoms with Crippen molar-refractivity contribution in [2.75, 3.05) is 48.8 Å². The number of amides is 1. The zero-order valence-electron chi connectivity index (χ0n) is 21.0. The van der Waals surface area contributed by atoms with E-state index in [0.29, 0.717) is 23.1 Å². The molecule has 3 aromatic carbocycles. The number of nitrogen functional groups attached to an aromatic ring is 1. The lowest BCUT2D eigenvalue weighted by atomic mass is 9.96. The Labute approximate surface area is 222 Å². The van der Waals surface area contributed by atoms with Crippen molar-refractivity contribution in [3.8, 4) is 5.75 Å². The van der Waals surface area contributed by atoms with Crippen LogP contribution in [0.2, 0.25) is 0 Å². The maximum Gasteiger partial charge on any atom is 0.276 e. The van der Waals surface area contributed by atoms with Gasteiger partial charge >= 0.3 is 0 Å². The average Bonchev–Trinajstić information content (AvgIpc) is 2.98. The summed E-state index contributed by atoms with van der Waals surface area (Å²) in [7, 11) is 0. The maximum absolute atomic E-state index is 12.2. The summed E-state index contributed by atoms with van der Waals surface area (Å²) in [6.07, 6.45) is 1.45. The summed E-state index contributed by atoms with van der Waals surface area (Å²) in [5.41, 5.74) is 14.7. The van der Waals surface area contributed by atoms with E-state index in [9.17, 15) is 4.79 Å². The van der Waals surface area contributed by atoms with E-state index in [0.717, 1.165) is 26.2 Å². The third-order valence-electron chi connectivity index (χ3n) is 6.51. The van der Waals surface area contributed by atoms with Crippen molar-refractivity contribution in [2.24, 2.45) is 0 Å². The molecule has 4 N–H and O–H groups in total. The van der Waals surface area contributed by atoms with E-state index in [1.165, 1.54) is 17.5 Å². The molecule has 9 nitrogen and oxygen atoms in total. The fraction of sp³-hybridized carbons (Fsp3) is 0.207. The number of anilines is 3. The van der Waals surface area contributed by atoms with Crippen LogP contribution in [0.5, 0.6) is 5.75 Å². The topological polar surface area (TPSA) is 109 Å². The molecule has 2 heterocycles. The van der Waals surface area contributed by atoms with E-state index in [-0.39, 0.29) is 18.6 Å². The first kappa shape index (κ1) is 25.0. The van der Waals surface area contributed by atoms with Gasteiger partial charge in [0.1, 0.15) is 17.8 Å². The minimum Gasteiger partial charge on any atom is -0.484 e. The van der Waals surface area contributed by atoms with Gasteiger partial charge in [-0.3, -0.25) is 20.5 Å².